The van der Waals surface area contributed by atoms with Gasteiger partial charge in [0.25, 0.3) is 0 Å². The third-order valence-corrected chi connectivity index (χ3v) is 5.20. The number of hydrogen-bond acceptors (Lipinski definition) is 6. The van der Waals surface area contributed by atoms with E-state index in [0.29, 0.717) is 0 Å². The number of hydrogen-bond donors (Lipinski definition) is 2. The van der Waals surface area contributed by atoms with Gasteiger partial charge in [-0.15, -0.1) is 11.3 Å². The summed E-state index contributed by atoms with van der Waals surface area (Å²) in [6, 6.07) is 14.8. The molecule has 2 N–H and O–H groups in total. The van der Waals surface area contributed by atoms with Gasteiger partial charge in [0, 0.05) is 29.6 Å². The highest BCUT2D eigenvalue weighted by Crippen LogP contribution is 2.27. The molecule has 3 rings (SSSR count). The molecule has 29 heavy (non-hydrogen) atoms. The Kier molecular flexibility index (Phi) is 6.61. The van der Waals surface area contributed by atoms with Crippen LogP contribution in [0.3, 0.4) is 0 Å². The molecule has 0 aliphatic heterocycles. The van der Waals surface area contributed by atoms with Crippen molar-refractivity contribution in [2.75, 3.05) is 5.32 Å². The Morgan fingerprint density at radius 1 is 1.10 bits per heavy atom. The van der Waals surface area contributed by atoms with Crippen molar-refractivity contribution in [3.05, 3.63) is 65.0 Å². The molecule has 0 aliphatic rings. The first-order chi connectivity index (χ1) is 13.9. The molecular formula is C22H22N3O3S-. The van der Waals surface area contributed by atoms with Crippen LogP contribution in [0, 0.1) is 0 Å². The van der Waals surface area contributed by atoms with E-state index >= 15 is 0 Å². The highest BCUT2D eigenvalue weighted by atomic mass is 32.1. The summed E-state index contributed by atoms with van der Waals surface area (Å²) in [5, 5.41) is 19.6. The molecule has 150 valence electrons. The van der Waals surface area contributed by atoms with Gasteiger partial charge in [0.1, 0.15) is 0 Å². The number of carbonyl (C=O) groups excluding carboxylic acids is 2. The first-order valence-corrected chi connectivity index (χ1v) is 10.2. The summed E-state index contributed by atoms with van der Waals surface area (Å²) < 4.78 is 0. The zero-order chi connectivity index (χ0) is 20.8. The Morgan fingerprint density at radius 3 is 2.41 bits per heavy atom. The number of rotatable bonds is 8. The van der Waals surface area contributed by atoms with Crippen LogP contribution in [0.1, 0.15) is 36.2 Å². The molecule has 3 aromatic rings. The van der Waals surface area contributed by atoms with Gasteiger partial charge in [0.2, 0.25) is 5.91 Å². The lowest BCUT2D eigenvalue weighted by molar-refractivity contribution is -0.255. The van der Waals surface area contributed by atoms with E-state index in [1.807, 2.05) is 24.4 Å². The van der Waals surface area contributed by atoms with E-state index in [0.717, 1.165) is 34.9 Å². The summed E-state index contributed by atoms with van der Waals surface area (Å²) in [4.78, 5) is 26.5. The van der Waals surface area contributed by atoms with Crippen LogP contribution in [0.4, 0.5) is 10.8 Å². The van der Waals surface area contributed by atoms with Crippen LogP contribution in [0.2, 0.25) is 0 Å². The second-order valence-corrected chi connectivity index (χ2v) is 7.72. The zero-order valence-corrected chi connectivity index (χ0v) is 17.1. The highest BCUT2D eigenvalue weighted by Gasteiger charge is 2.07. The number of nitrogens with one attached hydrogen (secondary N) is 2. The largest absolute Gasteiger partial charge is 0.545 e. The molecule has 6 nitrogen and oxygen atoms in total. The summed E-state index contributed by atoms with van der Waals surface area (Å²) >= 11 is 1.48. The second-order valence-electron chi connectivity index (χ2n) is 6.86. The van der Waals surface area contributed by atoms with E-state index in [4.69, 9.17) is 0 Å². The maximum absolute atomic E-state index is 11.1. The number of anilines is 2. The monoisotopic (exact) mass is 408 g/mol. The molecule has 1 amide bonds. The van der Waals surface area contributed by atoms with Crippen LogP contribution in [0.5, 0.6) is 0 Å². The molecule has 1 atom stereocenters. The highest BCUT2D eigenvalue weighted by molar-refractivity contribution is 7.14. The number of amides is 1. The summed E-state index contributed by atoms with van der Waals surface area (Å²) in [5.41, 5.74) is 4.02. The van der Waals surface area contributed by atoms with Gasteiger partial charge in [-0.05, 0) is 43.0 Å². The quantitative estimate of drug-likeness (QED) is 0.596. The second kappa shape index (κ2) is 9.34. The average molecular weight is 409 g/mol. The molecule has 0 bridgehead atoms. The Bertz CT molecular complexity index is 981. The van der Waals surface area contributed by atoms with Crippen molar-refractivity contribution in [3.63, 3.8) is 0 Å². The van der Waals surface area contributed by atoms with Crippen LogP contribution >= 0.6 is 11.3 Å². The summed E-state index contributed by atoms with van der Waals surface area (Å²) in [7, 11) is 0. The van der Waals surface area contributed by atoms with Crippen LogP contribution in [0.15, 0.2) is 53.9 Å². The van der Waals surface area contributed by atoms with Gasteiger partial charge < -0.3 is 20.5 Å². The minimum absolute atomic E-state index is 0.00405. The first kappa shape index (κ1) is 20.5. The van der Waals surface area contributed by atoms with Gasteiger partial charge in [0.05, 0.1) is 11.7 Å². The van der Waals surface area contributed by atoms with E-state index in [-0.39, 0.29) is 17.5 Å². The van der Waals surface area contributed by atoms with Crippen molar-refractivity contribution >= 4 is 34.0 Å². The number of carboxylic acids is 1. The molecule has 0 spiro atoms. The van der Waals surface area contributed by atoms with Gasteiger partial charge >= 0.3 is 0 Å². The van der Waals surface area contributed by atoms with E-state index < -0.39 is 5.97 Å². The van der Waals surface area contributed by atoms with Crippen molar-refractivity contribution in [2.45, 2.75) is 32.7 Å². The third kappa shape index (κ3) is 5.89. The fourth-order valence-electron chi connectivity index (χ4n) is 2.92. The van der Waals surface area contributed by atoms with Gasteiger partial charge in [-0.3, -0.25) is 4.79 Å². The van der Waals surface area contributed by atoms with Gasteiger partial charge in [-0.25, -0.2) is 4.98 Å². The van der Waals surface area contributed by atoms with Crippen molar-refractivity contribution < 1.29 is 14.7 Å². The van der Waals surface area contributed by atoms with E-state index in [1.165, 1.54) is 36.0 Å². The van der Waals surface area contributed by atoms with Gasteiger partial charge in [-0.1, -0.05) is 36.4 Å². The number of aromatic nitrogens is 1. The Hall–Kier alpha value is -3.19. The van der Waals surface area contributed by atoms with Crippen molar-refractivity contribution in [1.29, 1.82) is 0 Å². The molecule has 0 radical (unpaired) electrons. The number of aromatic carboxylic acids is 1. The number of benzene rings is 2. The van der Waals surface area contributed by atoms with Crippen LogP contribution in [0.25, 0.3) is 11.3 Å². The normalized spacial score (nSPS) is 11.7. The number of aryl methyl sites for hydroxylation is 1. The molecular weight excluding hydrogens is 386 g/mol. The van der Waals surface area contributed by atoms with Crippen molar-refractivity contribution in [2.24, 2.45) is 0 Å². The minimum Gasteiger partial charge on any atom is -0.545 e. The van der Waals surface area contributed by atoms with Gasteiger partial charge in [-0.2, -0.15) is 0 Å². The molecule has 1 heterocycles. The zero-order valence-electron chi connectivity index (χ0n) is 16.3. The van der Waals surface area contributed by atoms with Crippen LogP contribution in [-0.4, -0.2) is 22.9 Å². The Labute approximate surface area is 173 Å². The van der Waals surface area contributed by atoms with E-state index in [9.17, 15) is 14.7 Å². The number of nitrogens with zero attached hydrogens (tertiary/aromatic N) is 1. The minimum atomic E-state index is -1.19. The topological polar surface area (TPSA) is 94.2 Å². The molecule has 0 fully saturated rings. The maximum atomic E-state index is 11.1. The maximum Gasteiger partial charge on any atom is 0.217 e. The molecule has 0 saturated heterocycles. The number of carboxylic acid groups (broad SMARTS) is 1. The SMILES string of the molecule is CC(=O)N[C@@H](C)CCc1ccc(-c2csc(Nc3ccc(C(=O)[O-])cc3)n2)cc1. The van der Waals surface area contributed by atoms with Crippen molar-refractivity contribution in [3.8, 4) is 11.3 Å². The standard InChI is InChI=1S/C22H23N3O3S/c1-14(23-15(2)26)3-4-16-5-7-17(8-6-16)20-13-29-22(25-20)24-19-11-9-18(10-12-19)21(27)28/h5-14H,3-4H2,1-2H3,(H,23,26)(H,24,25)(H,27,28)/p-1/t14-/m0/s1. The average Bonchev–Trinajstić information content (AvgIpc) is 3.15. The summed E-state index contributed by atoms with van der Waals surface area (Å²) in [6.07, 6.45) is 1.79. The first-order valence-electron chi connectivity index (χ1n) is 9.31. The fraction of sp³-hybridized carbons (Fsp3) is 0.227. The lowest BCUT2D eigenvalue weighted by atomic mass is 10.0. The fourth-order valence-corrected chi connectivity index (χ4v) is 3.66. The van der Waals surface area contributed by atoms with Crippen molar-refractivity contribution in [1.82, 2.24) is 10.3 Å². The van der Waals surface area contributed by atoms with Crippen LogP contribution in [-0.2, 0) is 11.2 Å². The van der Waals surface area contributed by atoms with Crippen LogP contribution < -0.4 is 15.7 Å². The Balaban J connectivity index is 1.59. The lowest BCUT2D eigenvalue weighted by Crippen LogP contribution is -2.30. The van der Waals surface area contributed by atoms with E-state index in [2.05, 4.69) is 27.8 Å². The molecule has 0 unspecified atom stereocenters. The van der Waals surface area contributed by atoms with E-state index in [1.54, 1.807) is 12.1 Å². The molecule has 0 aliphatic carbocycles. The summed E-state index contributed by atoms with van der Waals surface area (Å²) in [6.45, 7) is 3.54. The predicted octanol–water partition coefficient (Wildman–Crippen LogP) is 3.37. The molecule has 1 aromatic heterocycles. The van der Waals surface area contributed by atoms with Gasteiger partial charge in [0.15, 0.2) is 5.13 Å². The lowest BCUT2D eigenvalue weighted by Gasteiger charge is -2.12. The Morgan fingerprint density at radius 2 is 1.79 bits per heavy atom. The predicted molar refractivity (Wildman–Crippen MR) is 113 cm³/mol. The number of thiazole rings is 1. The molecule has 0 saturated carbocycles. The third-order valence-electron chi connectivity index (χ3n) is 4.44. The molecule has 2 aromatic carbocycles. The summed E-state index contributed by atoms with van der Waals surface area (Å²) in [5.74, 6) is -1.20. The molecule has 7 heteroatoms. The number of carbonyl (C=O) groups is 2. The smallest absolute Gasteiger partial charge is 0.217 e.